The summed E-state index contributed by atoms with van der Waals surface area (Å²) in [5.74, 6) is 0. The van der Waals surface area contributed by atoms with Gasteiger partial charge in [-0.1, -0.05) is 19.1 Å². The Balaban J connectivity index is 2.15. The van der Waals surface area contributed by atoms with Gasteiger partial charge in [0.15, 0.2) is 0 Å². The van der Waals surface area contributed by atoms with E-state index in [4.69, 9.17) is 0 Å². The lowest BCUT2D eigenvalue weighted by Crippen LogP contribution is -2.24. The molecule has 2 rings (SSSR count). The van der Waals surface area contributed by atoms with Crippen molar-refractivity contribution < 1.29 is 4.92 Å². The fourth-order valence-corrected chi connectivity index (χ4v) is 2.78. The van der Waals surface area contributed by atoms with Gasteiger partial charge in [-0.2, -0.15) is 0 Å². The lowest BCUT2D eigenvalue weighted by molar-refractivity contribution is -0.384. The fraction of sp³-hybridized carbons (Fsp3) is 0.357. The summed E-state index contributed by atoms with van der Waals surface area (Å²) in [6.45, 7) is 4.11. The van der Waals surface area contributed by atoms with E-state index in [2.05, 4.69) is 24.1 Å². The average molecular weight is 291 g/mol. The van der Waals surface area contributed by atoms with E-state index in [0.717, 1.165) is 17.0 Å². The van der Waals surface area contributed by atoms with E-state index in [9.17, 15) is 10.1 Å². The predicted octanol–water partition coefficient (Wildman–Crippen LogP) is 3.85. The third-order valence-corrected chi connectivity index (χ3v) is 4.12. The van der Waals surface area contributed by atoms with Crippen LogP contribution in [0.25, 0.3) is 0 Å². The molecule has 2 atom stereocenters. The first-order valence-electron chi connectivity index (χ1n) is 6.51. The molecule has 20 heavy (non-hydrogen) atoms. The van der Waals surface area contributed by atoms with Crippen molar-refractivity contribution in [2.45, 2.75) is 32.4 Å². The zero-order valence-electron chi connectivity index (χ0n) is 11.4. The number of thiazole rings is 1. The van der Waals surface area contributed by atoms with Gasteiger partial charge in [-0.15, -0.1) is 11.3 Å². The minimum atomic E-state index is -0.361. The Kier molecular flexibility index (Phi) is 4.81. The van der Waals surface area contributed by atoms with Gasteiger partial charge in [-0.3, -0.25) is 10.1 Å². The van der Waals surface area contributed by atoms with Gasteiger partial charge in [0.2, 0.25) is 0 Å². The highest BCUT2D eigenvalue weighted by Crippen LogP contribution is 2.25. The van der Waals surface area contributed by atoms with Crippen LogP contribution in [-0.2, 0) is 0 Å². The summed E-state index contributed by atoms with van der Waals surface area (Å²) in [6, 6.07) is 7.00. The second-order valence-electron chi connectivity index (χ2n) is 4.57. The molecule has 106 valence electrons. The third kappa shape index (κ3) is 3.40. The van der Waals surface area contributed by atoms with Crippen molar-refractivity contribution in [3.8, 4) is 0 Å². The molecule has 0 fully saturated rings. The molecule has 1 heterocycles. The summed E-state index contributed by atoms with van der Waals surface area (Å²) in [5.41, 5.74) is 1.06. The van der Waals surface area contributed by atoms with Crippen molar-refractivity contribution in [2.24, 2.45) is 0 Å². The lowest BCUT2D eigenvalue weighted by Gasteiger charge is -2.21. The number of nitrogens with one attached hydrogen (secondary N) is 1. The number of nitrogens with zero attached hydrogens (tertiary/aromatic N) is 2. The summed E-state index contributed by atoms with van der Waals surface area (Å²) >= 11 is 1.60. The first-order chi connectivity index (χ1) is 9.61. The van der Waals surface area contributed by atoms with Crippen LogP contribution in [0.4, 0.5) is 5.69 Å². The summed E-state index contributed by atoms with van der Waals surface area (Å²) < 4.78 is 0. The van der Waals surface area contributed by atoms with E-state index < -0.39 is 0 Å². The van der Waals surface area contributed by atoms with Crippen molar-refractivity contribution >= 4 is 17.0 Å². The van der Waals surface area contributed by atoms with E-state index in [1.165, 1.54) is 6.07 Å². The molecule has 0 spiro atoms. The topological polar surface area (TPSA) is 68.1 Å². The summed E-state index contributed by atoms with van der Waals surface area (Å²) in [5, 5.41) is 17.3. The zero-order chi connectivity index (χ0) is 14.5. The molecule has 0 aliphatic heterocycles. The molecule has 1 aromatic heterocycles. The smallest absolute Gasteiger partial charge is 0.269 e. The van der Waals surface area contributed by atoms with Gasteiger partial charge in [0.25, 0.3) is 5.69 Å². The van der Waals surface area contributed by atoms with Crippen molar-refractivity contribution in [3.05, 3.63) is 56.5 Å². The number of non-ortho nitro benzene ring substituents is 1. The van der Waals surface area contributed by atoms with E-state index in [1.807, 2.05) is 11.4 Å². The maximum Gasteiger partial charge on any atom is 0.269 e. The van der Waals surface area contributed by atoms with E-state index >= 15 is 0 Å². The number of rotatable bonds is 6. The molecule has 0 aliphatic carbocycles. The van der Waals surface area contributed by atoms with Crippen LogP contribution >= 0.6 is 11.3 Å². The van der Waals surface area contributed by atoms with E-state index in [-0.39, 0.29) is 22.7 Å². The number of hydrogen-bond donors (Lipinski definition) is 1. The number of hydrogen-bond acceptors (Lipinski definition) is 5. The lowest BCUT2D eigenvalue weighted by atomic mass is 10.0. The number of benzene rings is 1. The molecule has 0 aliphatic rings. The molecule has 0 amide bonds. The highest BCUT2D eigenvalue weighted by Gasteiger charge is 2.17. The van der Waals surface area contributed by atoms with Gasteiger partial charge >= 0.3 is 0 Å². The number of nitro groups is 1. The Hall–Kier alpha value is -1.79. The fourth-order valence-electron chi connectivity index (χ4n) is 2.13. The Bertz CT molecular complexity index is 572. The minimum Gasteiger partial charge on any atom is -0.301 e. The first kappa shape index (κ1) is 14.6. The van der Waals surface area contributed by atoms with Crippen molar-refractivity contribution in [1.82, 2.24) is 10.3 Å². The van der Waals surface area contributed by atoms with Crippen molar-refractivity contribution in [1.29, 1.82) is 0 Å². The van der Waals surface area contributed by atoms with Gasteiger partial charge < -0.3 is 5.32 Å². The molecular formula is C14H17N3O2S. The van der Waals surface area contributed by atoms with E-state index in [1.54, 1.807) is 29.7 Å². The van der Waals surface area contributed by atoms with Gasteiger partial charge in [0.1, 0.15) is 5.01 Å². The second kappa shape index (κ2) is 6.58. The van der Waals surface area contributed by atoms with Gasteiger partial charge in [-0.05, 0) is 18.9 Å². The standard InChI is InChI=1S/C14H17N3O2S/c1-3-13(16-10(2)14-15-7-8-20-14)11-5-4-6-12(9-11)17(18)19/h4-10,13,16H,3H2,1-2H3. The highest BCUT2D eigenvalue weighted by molar-refractivity contribution is 7.09. The van der Waals surface area contributed by atoms with Crippen LogP contribution < -0.4 is 5.32 Å². The van der Waals surface area contributed by atoms with Gasteiger partial charge in [0.05, 0.1) is 11.0 Å². The highest BCUT2D eigenvalue weighted by atomic mass is 32.1. The Morgan fingerprint density at radius 1 is 1.50 bits per heavy atom. The number of nitro benzene ring substituents is 1. The van der Waals surface area contributed by atoms with Crippen LogP contribution in [0.15, 0.2) is 35.8 Å². The van der Waals surface area contributed by atoms with Crippen LogP contribution in [-0.4, -0.2) is 9.91 Å². The Labute approximate surface area is 121 Å². The summed E-state index contributed by atoms with van der Waals surface area (Å²) in [6.07, 6.45) is 2.64. The number of aromatic nitrogens is 1. The first-order valence-corrected chi connectivity index (χ1v) is 7.39. The van der Waals surface area contributed by atoms with Crippen molar-refractivity contribution in [2.75, 3.05) is 0 Å². The van der Waals surface area contributed by atoms with E-state index in [0.29, 0.717) is 0 Å². The molecule has 1 aromatic carbocycles. The Morgan fingerprint density at radius 3 is 2.90 bits per heavy atom. The molecule has 2 unspecified atom stereocenters. The predicted molar refractivity (Wildman–Crippen MR) is 79.8 cm³/mol. The molecule has 0 radical (unpaired) electrons. The molecule has 1 N–H and O–H groups in total. The summed E-state index contributed by atoms with van der Waals surface area (Å²) in [4.78, 5) is 14.8. The molecule has 0 saturated carbocycles. The molecule has 2 aromatic rings. The molecule has 0 saturated heterocycles. The van der Waals surface area contributed by atoms with Crippen LogP contribution in [0.5, 0.6) is 0 Å². The third-order valence-electron chi connectivity index (χ3n) is 3.16. The minimum absolute atomic E-state index is 0.0776. The van der Waals surface area contributed by atoms with Crippen LogP contribution in [0.2, 0.25) is 0 Å². The monoisotopic (exact) mass is 291 g/mol. The SMILES string of the molecule is CCC(NC(C)c1nccs1)c1cccc([N+](=O)[O-])c1. The van der Waals surface area contributed by atoms with Crippen molar-refractivity contribution in [3.63, 3.8) is 0 Å². The molecular weight excluding hydrogens is 274 g/mol. The quantitative estimate of drug-likeness (QED) is 0.648. The zero-order valence-corrected chi connectivity index (χ0v) is 12.3. The molecule has 5 nitrogen and oxygen atoms in total. The maximum atomic E-state index is 10.8. The molecule has 6 heteroatoms. The van der Waals surface area contributed by atoms with Gasteiger partial charge in [0, 0.05) is 29.8 Å². The summed E-state index contributed by atoms with van der Waals surface area (Å²) in [7, 11) is 0. The normalized spacial score (nSPS) is 13.9. The Morgan fingerprint density at radius 2 is 2.30 bits per heavy atom. The van der Waals surface area contributed by atoms with Gasteiger partial charge in [-0.25, -0.2) is 4.98 Å². The second-order valence-corrected chi connectivity index (χ2v) is 5.50. The molecule has 0 bridgehead atoms. The van der Waals surface area contributed by atoms with Crippen LogP contribution in [0.3, 0.4) is 0 Å². The largest absolute Gasteiger partial charge is 0.301 e. The maximum absolute atomic E-state index is 10.8. The average Bonchev–Trinajstić information content (AvgIpc) is 2.99. The van der Waals surface area contributed by atoms with Crippen LogP contribution in [0, 0.1) is 10.1 Å². The van der Waals surface area contributed by atoms with Crippen LogP contribution in [0.1, 0.15) is 42.9 Å².